The molecule has 1 amide bonds. The first kappa shape index (κ1) is 15.2. The van der Waals surface area contributed by atoms with Crippen molar-refractivity contribution in [1.82, 2.24) is 4.57 Å². The van der Waals surface area contributed by atoms with Gasteiger partial charge in [-0.25, -0.2) is 4.39 Å². The Morgan fingerprint density at radius 1 is 1.13 bits per heavy atom. The lowest BCUT2D eigenvalue weighted by Gasteiger charge is -2.08. The van der Waals surface area contributed by atoms with Crippen molar-refractivity contribution in [3.63, 3.8) is 0 Å². The highest BCUT2D eigenvalue weighted by Gasteiger charge is 2.07. The standard InChI is InChI=1S/C18H17FN2O2/c19-15-4-3-14-7-9-21(17(14)11-15)12-18(23)20-16-5-1-13(2-6-16)8-10-22/h1-7,9,11,22H,8,10,12H2,(H,20,23). The van der Waals surface area contributed by atoms with E-state index >= 15 is 0 Å². The molecule has 0 aliphatic rings. The van der Waals surface area contributed by atoms with Gasteiger partial charge in [0.2, 0.25) is 5.91 Å². The molecule has 0 radical (unpaired) electrons. The molecule has 0 bridgehead atoms. The minimum Gasteiger partial charge on any atom is -0.396 e. The first-order valence-corrected chi connectivity index (χ1v) is 7.40. The fourth-order valence-corrected chi connectivity index (χ4v) is 2.53. The number of carbonyl (C=O) groups is 1. The molecule has 23 heavy (non-hydrogen) atoms. The Hall–Kier alpha value is -2.66. The third kappa shape index (κ3) is 3.57. The number of aliphatic hydroxyl groups is 1. The summed E-state index contributed by atoms with van der Waals surface area (Å²) in [7, 11) is 0. The van der Waals surface area contributed by atoms with Crippen molar-refractivity contribution in [2.45, 2.75) is 13.0 Å². The summed E-state index contributed by atoms with van der Waals surface area (Å²) in [5, 5.41) is 12.6. The summed E-state index contributed by atoms with van der Waals surface area (Å²) in [4.78, 5) is 12.2. The average Bonchev–Trinajstić information content (AvgIpc) is 2.92. The van der Waals surface area contributed by atoms with Gasteiger partial charge in [-0.05, 0) is 53.8 Å². The molecule has 0 atom stereocenters. The largest absolute Gasteiger partial charge is 0.396 e. The number of aromatic nitrogens is 1. The van der Waals surface area contributed by atoms with Crippen LogP contribution >= 0.6 is 0 Å². The average molecular weight is 312 g/mol. The maximum absolute atomic E-state index is 13.3. The second kappa shape index (κ2) is 6.62. The van der Waals surface area contributed by atoms with Crippen LogP contribution in [0.5, 0.6) is 0 Å². The molecular weight excluding hydrogens is 295 g/mol. The third-order valence-electron chi connectivity index (χ3n) is 3.69. The maximum atomic E-state index is 13.3. The van der Waals surface area contributed by atoms with Crippen LogP contribution in [0.4, 0.5) is 10.1 Å². The van der Waals surface area contributed by atoms with Crippen LogP contribution in [0.1, 0.15) is 5.56 Å². The molecule has 0 spiro atoms. The van der Waals surface area contributed by atoms with E-state index in [1.165, 1.54) is 12.1 Å². The zero-order valence-electron chi connectivity index (χ0n) is 12.5. The zero-order chi connectivity index (χ0) is 16.2. The summed E-state index contributed by atoms with van der Waals surface area (Å²) < 4.78 is 15.1. The molecule has 0 aliphatic heterocycles. The van der Waals surface area contributed by atoms with Crippen molar-refractivity contribution in [3.8, 4) is 0 Å². The van der Waals surface area contributed by atoms with E-state index in [-0.39, 0.29) is 24.9 Å². The molecule has 1 aromatic heterocycles. The van der Waals surface area contributed by atoms with Crippen LogP contribution in [-0.2, 0) is 17.8 Å². The molecule has 0 saturated carbocycles. The monoisotopic (exact) mass is 312 g/mol. The molecule has 0 saturated heterocycles. The number of hydrogen-bond acceptors (Lipinski definition) is 2. The van der Waals surface area contributed by atoms with Crippen LogP contribution in [0, 0.1) is 5.82 Å². The molecule has 0 fully saturated rings. The number of hydrogen-bond donors (Lipinski definition) is 2. The van der Waals surface area contributed by atoms with Gasteiger partial charge in [0.25, 0.3) is 0 Å². The van der Waals surface area contributed by atoms with Crippen LogP contribution in [0.15, 0.2) is 54.7 Å². The predicted molar refractivity (Wildman–Crippen MR) is 87.8 cm³/mol. The number of nitrogens with one attached hydrogen (secondary N) is 1. The van der Waals surface area contributed by atoms with E-state index in [1.807, 2.05) is 18.2 Å². The fourth-order valence-electron chi connectivity index (χ4n) is 2.53. The van der Waals surface area contributed by atoms with Crippen LogP contribution in [0.2, 0.25) is 0 Å². The van der Waals surface area contributed by atoms with E-state index in [9.17, 15) is 9.18 Å². The number of carbonyl (C=O) groups excluding carboxylic acids is 1. The summed E-state index contributed by atoms with van der Waals surface area (Å²) in [6, 6.07) is 13.7. The number of amides is 1. The molecule has 4 nitrogen and oxygen atoms in total. The minimum atomic E-state index is -0.322. The van der Waals surface area contributed by atoms with Gasteiger partial charge >= 0.3 is 0 Å². The van der Waals surface area contributed by atoms with Gasteiger partial charge in [-0.15, -0.1) is 0 Å². The van der Waals surface area contributed by atoms with Crippen molar-refractivity contribution >= 4 is 22.5 Å². The van der Waals surface area contributed by atoms with Gasteiger partial charge < -0.3 is 15.0 Å². The van der Waals surface area contributed by atoms with Crippen molar-refractivity contribution in [3.05, 3.63) is 66.1 Å². The van der Waals surface area contributed by atoms with Crippen LogP contribution in [0.25, 0.3) is 10.9 Å². The first-order valence-electron chi connectivity index (χ1n) is 7.40. The Morgan fingerprint density at radius 2 is 1.91 bits per heavy atom. The molecule has 3 aromatic rings. The van der Waals surface area contributed by atoms with Gasteiger partial charge in [0.15, 0.2) is 0 Å². The Bertz CT molecular complexity index is 825. The Balaban J connectivity index is 1.69. The minimum absolute atomic E-state index is 0.100. The highest BCUT2D eigenvalue weighted by molar-refractivity contribution is 5.92. The Kier molecular flexibility index (Phi) is 4.39. The van der Waals surface area contributed by atoms with E-state index in [1.54, 1.807) is 29.0 Å². The van der Waals surface area contributed by atoms with Crippen LogP contribution in [0.3, 0.4) is 0 Å². The molecule has 2 aromatic carbocycles. The number of halogens is 1. The van der Waals surface area contributed by atoms with Crippen molar-refractivity contribution in [1.29, 1.82) is 0 Å². The van der Waals surface area contributed by atoms with E-state index in [0.717, 1.165) is 10.9 Å². The molecule has 2 N–H and O–H groups in total. The van der Waals surface area contributed by atoms with E-state index in [2.05, 4.69) is 5.32 Å². The van der Waals surface area contributed by atoms with Gasteiger partial charge in [-0.1, -0.05) is 12.1 Å². The number of anilines is 1. The highest BCUT2D eigenvalue weighted by atomic mass is 19.1. The van der Waals surface area contributed by atoms with Gasteiger partial charge in [0, 0.05) is 18.5 Å². The van der Waals surface area contributed by atoms with Crippen molar-refractivity contribution in [2.75, 3.05) is 11.9 Å². The molecule has 1 heterocycles. The van der Waals surface area contributed by atoms with Crippen molar-refractivity contribution < 1.29 is 14.3 Å². The second-order valence-electron chi connectivity index (χ2n) is 5.37. The number of fused-ring (bicyclic) bond motifs is 1. The molecule has 5 heteroatoms. The first-order chi connectivity index (χ1) is 11.2. The number of rotatable bonds is 5. The second-order valence-corrected chi connectivity index (χ2v) is 5.37. The smallest absolute Gasteiger partial charge is 0.244 e. The summed E-state index contributed by atoms with van der Waals surface area (Å²) in [6.07, 6.45) is 2.36. The fraction of sp³-hybridized carbons (Fsp3) is 0.167. The van der Waals surface area contributed by atoms with Crippen LogP contribution in [-0.4, -0.2) is 22.2 Å². The number of aliphatic hydroxyl groups excluding tert-OH is 1. The highest BCUT2D eigenvalue weighted by Crippen LogP contribution is 2.17. The summed E-state index contributed by atoms with van der Waals surface area (Å²) in [5.41, 5.74) is 2.40. The summed E-state index contributed by atoms with van der Waals surface area (Å²) in [6.45, 7) is 0.217. The van der Waals surface area contributed by atoms with E-state index in [4.69, 9.17) is 5.11 Å². The lowest BCUT2D eigenvalue weighted by Crippen LogP contribution is -2.18. The van der Waals surface area contributed by atoms with Gasteiger partial charge in [0.1, 0.15) is 12.4 Å². The quantitative estimate of drug-likeness (QED) is 0.761. The predicted octanol–water partition coefficient (Wildman–Crippen LogP) is 2.95. The van der Waals surface area contributed by atoms with Crippen molar-refractivity contribution in [2.24, 2.45) is 0 Å². The van der Waals surface area contributed by atoms with Gasteiger partial charge in [-0.3, -0.25) is 4.79 Å². The molecule has 0 unspecified atom stereocenters. The number of nitrogens with zero attached hydrogens (tertiary/aromatic N) is 1. The Labute approximate surface area is 133 Å². The van der Waals surface area contributed by atoms with Gasteiger partial charge in [0.05, 0.1) is 5.52 Å². The van der Waals surface area contributed by atoms with Gasteiger partial charge in [-0.2, -0.15) is 0 Å². The zero-order valence-corrected chi connectivity index (χ0v) is 12.5. The molecule has 3 rings (SSSR count). The third-order valence-corrected chi connectivity index (χ3v) is 3.69. The lowest BCUT2D eigenvalue weighted by atomic mass is 10.1. The Morgan fingerprint density at radius 3 is 2.65 bits per heavy atom. The topological polar surface area (TPSA) is 54.3 Å². The molecule has 118 valence electrons. The maximum Gasteiger partial charge on any atom is 0.244 e. The summed E-state index contributed by atoms with van der Waals surface area (Å²) in [5.74, 6) is -0.501. The number of benzene rings is 2. The molecular formula is C18H17FN2O2. The SMILES string of the molecule is O=C(Cn1ccc2ccc(F)cc21)Nc1ccc(CCO)cc1. The normalized spacial score (nSPS) is 10.9. The van der Waals surface area contributed by atoms with E-state index in [0.29, 0.717) is 17.6 Å². The lowest BCUT2D eigenvalue weighted by molar-refractivity contribution is -0.116. The van der Waals surface area contributed by atoms with E-state index < -0.39 is 0 Å². The molecule has 0 aliphatic carbocycles. The summed E-state index contributed by atoms with van der Waals surface area (Å²) >= 11 is 0. The van der Waals surface area contributed by atoms with Crippen LogP contribution < -0.4 is 5.32 Å².